The number of hydrogen-bond acceptors (Lipinski definition) is 6. The SMILES string of the molecule is COC1CCN(c2cccc3c2CCN(C(=O)C2=CC(c4cccc(Cl)c4)=NC2)C3C(=O)Cc2ccc(C(=O)O)cc2)CC1. The molecule has 0 aliphatic carbocycles. The lowest BCUT2D eigenvalue weighted by molar-refractivity contribution is -0.137. The van der Waals surface area contributed by atoms with Gasteiger partial charge in [-0.05, 0) is 72.4 Å². The second-order valence-electron chi connectivity index (χ2n) is 11.4. The zero-order chi connectivity index (χ0) is 30.8. The molecule has 1 fully saturated rings. The molecule has 44 heavy (non-hydrogen) atoms. The number of piperidine rings is 1. The van der Waals surface area contributed by atoms with E-state index in [9.17, 15) is 19.5 Å². The summed E-state index contributed by atoms with van der Waals surface area (Å²) in [7, 11) is 1.75. The van der Waals surface area contributed by atoms with Gasteiger partial charge in [-0.15, -0.1) is 0 Å². The summed E-state index contributed by atoms with van der Waals surface area (Å²) in [6.07, 6.45) is 4.62. The largest absolute Gasteiger partial charge is 0.478 e. The molecule has 1 saturated heterocycles. The number of amides is 1. The number of hydrogen-bond donors (Lipinski definition) is 1. The standard InChI is InChI=1S/C35H34ClN3O5/c1-44-27-12-15-38(16-13-27)31-7-3-6-29-28(31)14-17-39(33(29)32(40)18-22-8-10-23(11-9-22)35(42)43)34(41)25-20-30(37-21-25)24-4-2-5-26(36)19-24/h2-11,19-20,27,33H,12-18,21H2,1H3,(H,42,43). The molecule has 3 aromatic carbocycles. The maximum atomic E-state index is 14.2. The predicted octanol–water partition coefficient (Wildman–Crippen LogP) is 5.32. The van der Waals surface area contributed by atoms with E-state index in [1.54, 1.807) is 36.3 Å². The van der Waals surface area contributed by atoms with E-state index in [0.29, 0.717) is 34.8 Å². The van der Waals surface area contributed by atoms with Gasteiger partial charge in [0.1, 0.15) is 6.04 Å². The van der Waals surface area contributed by atoms with E-state index in [-0.39, 0.29) is 36.3 Å². The van der Waals surface area contributed by atoms with Crippen molar-refractivity contribution in [2.24, 2.45) is 4.99 Å². The second-order valence-corrected chi connectivity index (χ2v) is 11.9. The van der Waals surface area contributed by atoms with Crippen LogP contribution in [0.15, 0.2) is 83.4 Å². The van der Waals surface area contributed by atoms with Crippen LogP contribution in [0, 0.1) is 0 Å². The Morgan fingerprint density at radius 1 is 1.00 bits per heavy atom. The Balaban J connectivity index is 1.32. The van der Waals surface area contributed by atoms with Gasteiger partial charge in [0.25, 0.3) is 5.91 Å². The molecular weight excluding hydrogens is 578 g/mol. The van der Waals surface area contributed by atoms with Crippen molar-refractivity contribution in [1.29, 1.82) is 0 Å². The predicted molar refractivity (Wildman–Crippen MR) is 170 cm³/mol. The third-order valence-electron chi connectivity index (χ3n) is 8.78. The number of carbonyl (C=O) groups excluding carboxylic acids is 2. The van der Waals surface area contributed by atoms with Crippen LogP contribution in [0.3, 0.4) is 0 Å². The van der Waals surface area contributed by atoms with E-state index < -0.39 is 12.0 Å². The lowest BCUT2D eigenvalue weighted by Gasteiger charge is -2.40. The fraction of sp³-hybridized carbons (Fsp3) is 0.314. The number of carboxylic acid groups (broad SMARTS) is 1. The Bertz CT molecular complexity index is 1660. The summed E-state index contributed by atoms with van der Waals surface area (Å²) in [6.45, 7) is 2.36. The van der Waals surface area contributed by atoms with Crippen molar-refractivity contribution in [3.05, 3.63) is 111 Å². The molecule has 8 nitrogen and oxygen atoms in total. The molecule has 0 aromatic heterocycles. The first-order valence-corrected chi connectivity index (χ1v) is 15.3. The number of ketones is 1. The highest BCUT2D eigenvalue weighted by atomic mass is 35.5. The molecule has 226 valence electrons. The minimum Gasteiger partial charge on any atom is -0.478 e. The Hall–Kier alpha value is -4.27. The summed E-state index contributed by atoms with van der Waals surface area (Å²) >= 11 is 6.19. The highest BCUT2D eigenvalue weighted by molar-refractivity contribution is 6.31. The third-order valence-corrected chi connectivity index (χ3v) is 9.02. The molecular formula is C35H34ClN3O5. The van der Waals surface area contributed by atoms with Crippen LogP contribution in [-0.4, -0.2) is 72.8 Å². The first-order chi connectivity index (χ1) is 21.3. The lowest BCUT2D eigenvalue weighted by atomic mass is 9.86. The van der Waals surface area contributed by atoms with E-state index in [0.717, 1.165) is 48.3 Å². The molecule has 1 N–H and O–H groups in total. The van der Waals surface area contributed by atoms with Gasteiger partial charge in [0, 0.05) is 55.0 Å². The summed E-state index contributed by atoms with van der Waals surface area (Å²) < 4.78 is 5.57. The summed E-state index contributed by atoms with van der Waals surface area (Å²) in [5.74, 6) is -1.35. The van der Waals surface area contributed by atoms with Crippen molar-refractivity contribution in [2.75, 3.05) is 38.2 Å². The summed E-state index contributed by atoms with van der Waals surface area (Å²) in [6, 6.07) is 19.0. The van der Waals surface area contributed by atoms with Crippen LogP contribution in [0.25, 0.3) is 0 Å². The van der Waals surface area contributed by atoms with Crippen molar-refractivity contribution >= 4 is 40.7 Å². The number of methoxy groups -OCH3 is 1. The summed E-state index contributed by atoms with van der Waals surface area (Å²) in [5, 5.41) is 9.89. The van der Waals surface area contributed by atoms with Crippen molar-refractivity contribution in [2.45, 2.75) is 37.8 Å². The number of allylic oxidation sites excluding steroid dienone is 1. The van der Waals surface area contributed by atoms with Gasteiger partial charge in [0.15, 0.2) is 5.78 Å². The number of aromatic carboxylic acids is 1. The van der Waals surface area contributed by atoms with Crippen molar-refractivity contribution in [3.63, 3.8) is 0 Å². The van der Waals surface area contributed by atoms with Crippen molar-refractivity contribution < 1.29 is 24.2 Å². The first-order valence-electron chi connectivity index (χ1n) is 14.9. The molecule has 0 radical (unpaired) electrons. The fourth-order valence-corrected chi connectivity index (χ4v) is 6.66. The first kappa shape index (κ1) is 29.8. The monoisotopic (exact) mass is 611 g/mol. The summed E-state index contributed by atoms with van der Waals surface area (Å²) in [4.78, 5) is 48.3. The maximum absolute atomic E-state index is 14.2. The van der Waals surface area contributed by atoms with E-state index in [2.05, 4.69) is 16.0 Å². The van der Waals surface area contributed by atoms with Crippen LogP contribution in [0.5, 0.6) is 0 Å². The minimum atomic E-state index is -1.02. The molecule has 1 atom stereocenters. The van der Waals surface area contributed by atoms with Crippen LogP contribution >= 0.6 is 11.6 Å². The number of rotatable bonds is 8. The number of Topliss-reactive ketones (excluding diaryl/α,β-unsaturated/α-hetero) is 1. The van der Waals surface area contributed by atoms with Gasteiger partial charge in [0.2, 0.25) is 0 Å². The maximum Gasteiger partial charge on any atom is 0.335 e. The molecule has 3 heterocycles. The molecule has 6 rings (SSSR count). The quantitative estimate of drug-likeness (QED) is 0.370. The van der Waals surface area contributed by atoms with E-state index in [1.807, 2.05) is 30.3 Å². The molecule has 3 aromatic rings. The Morgan fingerprint density at radius 2 is 1.75 bits per heavy atom. The minimum absolute atomic E-state index is 0.0700. The molecule has 0 bridgehead atoms. The lowest BCUT2D eigenvalue weighted by Crippen LogP contribution is -2.45. The van der Waals surface area contributed by atoms with Crippen molar-refractivity contribution in [3.8, 4) is 0 Å². The Labute approximate surface area is 261 Å². The molecule has 3 aliphatic heterocycles. The van der Waals surface area contributed by atoms with E-state index in [4.69, 9.17) is 16.3 Å². The Morgan fingerprint density at radius 3 is 2.45 bits per heavy atom. The van der Waals surface area contributed by atoms with Gasteiger partial charge in [-0.1, -0.05) is 48.0 Å². The van der Waals surface area contributed by atoms with Crippen LogP contribution < -0.4 is 4.90 Å². The molecule has 0 spiro atoms. The smallest absolute Gasteiger partial charge is 0.335 e. The molecule has 1 amide bonds. The number of anilines is 1. The van der Waals surface area contributed by atoms with E-state index in [1.165, 1.54) is 12.1 Å². The number of ether oxygens (including phenoxy) is 1. The van der Waals surface area contributed by atoms with Gasteiger partial charge in [-0.3, -0.25) is 14.6 Å². The number of carboxylic acids is 1. The number of fused-ring (bicyclic) bond motifs is 1. The van der Waals surface area contributed by atoms with Gasteiger partial charge in [-0.2, -0.15) is 0 Å². The Kier molecular flexibility index (Phi) is 8.64. The normalized spacial score (nSPS) is 18.5. The van der Waals surface area contributed by atoms with Crippen LogP contribution in [-0.2, 0) is 27.2 Å². The number of nitrogens with zero attached hydrogens (tertiary/aromatic N) is 3. The topological polar surface area (TPSA) is 99.5 Å². The van der Waals surface area contributed by atoms with Crippen LogP contribution in [0.1, 0.15) is 51.5 Å². The van der Waals surface area contributed by atoms with Crippen molar-refractivity contribution in [1.82, 2.24) is 4.90 Å². The van der Waals surface area contributed by atoms with Gasteiger partial charge < -0.3 is 19.6 Å². The number of halogens is 1. The zero-order valence-electron chi connectivity index (χ0n) is 24.5. The fourth-order valence-electron chi connectivity index (χ4n) is 6.47. The second kappa shape index (κ2) is 12.8. The average molecular weight is 612 g/mol. The summed E-state index contributed by atoms with van der Waals surface area (Å²) in [5.41, 5.74) is 5.97. The molecule has 1 unspecified atom stereocenters. The number of carbonyl (C=O) groups is 3. The van der Waals surface area contributed by atoms with Crippen LogP contribution in [0.2, 0.25) is 5.02 Å². The van der Waals surface area contributed by atoms with Gasteiger partial charge >= 0.3 is 5.97 Å². The van der Waals surface area contributed by atoms with Gasteiger partial charge in [-0.25, -0.2) is 4.79 Å². The highest BCUT2D eigenvalue weighted by Crippen LogP contribution is 2.38. The average Bonchev–Trinajstić information content (AvgIpc) is 3.54. The molecule has 3 aliphatic rings. The molecule has 0 saturated carbocycles. The van der Waals surface area contributed by atoms with Gasteiger partial charge in [0.05, 0.1) is 23.9 Å². The van der Waals surface area contributed by atoms with Crippen LogP contribution in [0.4, 0.5) is 5.69 Å². The highest BCUT2D eigenvalue weighted by Gasteiger charge is 2.38. The van der Waals surface area contributed by atoms with E-state index >= 15 is 0 Å². The molecule has 9 heteroatoms. The number of benzene rings is 3. The number of aliphatic imine (C=N–C) groups is 1. The third kappa shape index (κ3) is 6.05. The zero-order valence-corrected chi connectivity index (χ0v) is 25.3.